The van der Waals surface area contributed by atoms with Crippen molar-refractivity contribution in [1.29, 1.82) is 0 Å². The van der Waals surface area contributed by atoms with Gasteiger partial charge in [-0.05, 0) is 37.1 Å². The standard InChI is InChI=1S/C22H26ClN5O4/c1-3-32-18-9-17(13-29)27(12-18)21(30)15-8-19(31-2)20-25-22(26-28(20)11-15)24-10-14-5-4-6-16(23)7-14/h4-8,11,17-18,29H,3,9-10,12-13H2,1-2H3,(H,24,26)/t17?,18-/m1/s1/i3D2. The monoisotopic (exact) mass is 461 g/mol. The molecule has 0 spiro atoms. The molecule has 1 aliphatic heterocycles. The van der Waals surface area contributed by atoms with E-state index in [0.29, 0.717) is 40.9 Å². The molecule has 2 N–H and O–H groups in total. The van der Waals surface area contributed by atoms with E-state index in [-0.39, 0.29) is 19.1 Å². The SMILES string of the molecule is [2H]C([2H])(C)O[C@@H]1CC(CO)N(C(=O)c2cc(OC)c3nc(NCc4cccc(Cl)c4)nn3c2)C1. The van der Waals surface area contributed by atoms with Gasteiger partial charge >= 0.3 is 0 Å². The number of pyridine rings is 1. The zero-order valence-electron chi connectivity index (χ0n) is 19.8. The number of aliphatic hydroxyl groups is 1. The fourth-order valence-corrected chi connectivity index (χ4v) is 4.05. The zero-order valence-corrected chi connectivity index (χ0v) is 18.5. The number of nitrogens with one attached hydrogen (secondary N) is 1. The molecule has 0 aliphatic carbocycles. The predicted molar refractivity (Wildman–Crippen MR) is 120 cm³/mol. The number of anilines is 1. The molecule has 1 unspecified atom stereocenters. The summed E-state index contributed by atoms with van der Waals surface area (Å²) in [5.74, 6) is 0.383. The van der Waals surface area contributed by atoms with Gasteiger partial charge in [0.25, 0.3) is 5.91 Å². The number of hydrogen-bond acceptors (Lipinski definition) is 7. The quantitative estimate of drug-likeness (QED) is 0.531. The molecule has 3 aromatic rings. The number of aliphatic hydroxyl groups excluding tert-OH is 1. The van der Waals surface area contributed by atoms with E-state index >= 15 is 0 Å². The number of fused-ring (bicyclic) bond motifs is 1. The number of ether oxygens (including phenoxy) is 2. The molecule has 2 aromatic heterocycles. The third-order valence-corrected chi connectivity index (χ3v) is 5.57. The maximum Gasteiger partial charge on any atom is 0.255 e. The summed E-state index contributed by atoms with van der Waals surface area (Å²) in [5.41, 5.74) is 1.70. The third kappa shape index (κ3) is 4.64. The first-order valence-corrected chi connectivity index (χ1v) is 10.6. The summed E-state index contributed by atoms with van der Waals surface area (Å²) in [6.07, 6.45) is 1.38. The summed E-state index contributed by atoms with van der Waals surface area (Å²) in [5, 5.41) is 18.0. The Hall–Kier alpha value is -2.88. The van der Waals surface area contributed by atoms with Crippen LogP contribution < -0.4 is 10.1 Å². The van der Waals surface area contributed by atoms with Gasteiger partial charge in [-0.1, -0.05) is 23.7 Å². The van der Waals surface area contributed by atoms with Gasteiger partial charge in [-0.2, -0.15) is 4.98 Å². The van der Waals surface area contributed by atoms with Crippen LogP contribution >= 0.6 is 11.6 Å². The molecule has 1 aromatic carbocycles. The Balaban J connectivity index is 1.56. The van der Waals surface area contributed by atoms with Crippen molar-refractivity contribution in [2.45, 2.75) is 32.0 Å². The summed E-state index contributed by atoms with van der Waals surface area (Å²) in [6.45, 7) is -0.141. The number of rotatable bonds is 8. The van der Waals surface area contributed by atoms with Crippen molar-refractivity contribution in [1.82, 2.24) is 19.5 Å². The Bertz CT molecular complexity index is 1190. The lowest BCUT2D eigenvalue weighted by Crippen LogP contribution is -2.38. The molecule has 1 amide bonds. The fraction of sp³-hybridized carbons (Fsp3) is 0.409. The molecule has 1 aliphatic rings. The first-order chi connectivity index (χ1) is 16.2. The van der Waals surface area contributed by atoms with Gasteiger partial charge in [0.15, 0.2) is 11.4 Å². The number of benzene rings is 1. The van der Waals surface area contributed by atoms with E-state index in [9.17, 15) is 9.90 Å². The molecule has 10 heteroatoms. The Kier molecular flexibility index (Phi) is 6.01. The largest absolute Gasteiger partial charge is 0.493 e. The number of carbonyl (C=O) groups excluding carboxylic acids is 1. The highest BCUT2D eigenvalue weighted by atomic mass is 35.5. The van der Waals surface area contributed by atoms with Crippen LogP contribution in [-0.2, 0) is 11.3 Å². The molecule has 0 bridgehead atoms. The van der Waals surface area contributed by atoms with Crippen molar-refractivity contribution in [3.63, 3.8) is 0 Å². The fourth-order valence-electron chi connectivity index (χ4n) is 3.84. The van der Waals surface area contributed by atoms with E-state index < -0.39 is 18.7 Å². The Morgan fingerprint density at radius 3 is 3.00 bits per heavy atom. The van der Waals surface area contributed by atoms with E-state index in [4.69, 9.17) is 23.8 Å². The molecule has 2 atom stereocenters. The molecule has 0 radical (unpaired) electrons. The van der Waals surface area contributed by atoms with Gasteiger partial charge in [0, 0.05) is 30.9 Å². The van der Waals surface area contributed by atoms with Crippen molar-refractivity contribution >= 4 is 29.1 Å². The summed E-state index contributed by atoms with van der Waals surface area (Å²) in [4.78, 5) is 19.3. The number of amides is 1. The van der Waals surface area contributed by atoms with Crippen LogP contribution in [0.15, 0.2) is 36.5 Å². The average molecular weight is 462 g/mol. The number of aromatic nitrogens is 3. The number of methoxy groups -OCH3 is 1. The normalized spacial score (nSPS) is 19.7. The third-order valence-electron chi connectivity index (χ3n) is 5.34. The Morgan fingerprint density at radius 2 is 2.28 bits per heavy atom. The van der Waals surface area contributed by atoms with Crippen LogP contribution in [0.3, 0.4) is 0 Å². The summed E-state index contributed by atoms with van der Waals surface area (Å²) >= 11 is 6.03. The summed E-state index contributed by atoms with van der Waals surface area (Å²) < 4.78 is 27.6. The maximum atomic E-state index is 13.3. The lowest BCUT2D eigenvalue weighted by molar-refractivity contribution is 0.0578. The van der Waals surface area contributed by atoms with Gasteiger partial charge in [0.05, 0.1) is 34.2 Å². The second-order valence-corrected chi connectivity index (χ2v) is 7.89. The molecular weight excluding hydrogens is 434 g/mol. The zero-order chi connectivity index (χ0) is 24.5. The molecule has 4 rings (SSSR count). The topological polar surface area (TPSA) is 101 Å². The van der Waals surface area contributed by atoms with Crippen LogP contribution in [0.2, 0.25) is 5.02 Å². The van der Waals surface area contributed by atoms with Gasteiger partial charge in [-0.15, -0.1) is 5.10 Å². The molecule has 1 fully saturated rings. The Labute approximate surface area is 193 Å². The number of likely N-dealkylation sites (tertiary alicyclic amines) is 1. The van der Waals surface area contributed by atoms with Crippen LogP contribution in [-0.4, -0.2) is 69.5 Å². The van der Waals surface area contributed by atoms with Crippen LogP contribution in [0.5, 0.6) is 5.75 Å². The molecule has 9 nitrogen and oxygen atoms in total. The van der Waals surface area contributed by atoms with Crippen molar-refractivity contribution in [2.75, 3.05) is 32.1 Å². The molecule has 32 heavy (non-hydrogen) atoms. The molecule has 0 saturated carbocycles. The minimum atomic E-state index is -1.83. The highest BCUT2D eigenvalue weighted by molar-refractivity contribution is 6.30. The van der Waals surface area contributed by atoms with E-state index in [1.165, 1.54) is 23.4 Å². The van der Waals surface area contributed by atoms with E-state index in [0.717, 1.165) is 5.56 Å². The molecule has 1 saturated heterocycles. The van der Waals surface area contributed by atoms with Crippen molar-refractivity contribution in [3.8, 4) is 5.75 Å². The van der Waals surface area contributed by atoms with Crippen LogP contribution in [0.25, 0.3) is 5.65 Å². The average Bonchev–Trinajstić information content (AvgIpc) is 3.38. The van der Waals surface area contributed by atoms with Gasteiger partial charge in [0.2, 0.25) is 5.95 Å². The van der Waals surface area contributed by atoms with Crippen molar-refractivity contribution in [2.24, 2.45) is 0 Å². The van der Waals surface area contributed by atoms with E-state index in [1.807, 2.05) is 18.2 Å². The number of nitrogens with zero attached hydrogens (tertiary/aromatic N) is 4. The lowest BCUT2D eigenvalue weighted by Gasteiger charge is -2.23. The molecule has 3 heterocycles. The van der Waals surface area contributed by atoms with Gasteiger partial charge in [-0.3, -0.25) is 4.79 Å². The van der Waals surface area contributed by atoms with Crippen molar-refractivity contribution < 1.29 is 22.1 Å². The second-order valence-electron chi connectivity index (χ2n) is 7.46. The van der Waals surface area contributed by atoms with Crippen molar-refractivity contribution in [3.05, 3.63) is 52.7 Å². The minimum Gasteiger partial charge on any atom is -0.493 e. The van der Waals surface area contributed by atoms with Gasteiger partial charge < -0.3 is 24.8 Å². The highest BCUT2D eigenvalue weighted by Gasteiger charge is 2.36. The highest BCUT2D eigenvalue weighted by Crippen LogP contribution is 2.26. The number of carbonyl (C=O) groups is 1. The van der Waals surface area contributed by atoms with Crippen LogP contribution in [0.4, 0.5) is 5.95 Å². The predicted octanol–water partition coefficient (Wildman–Crippen LogP) is 2.62. The van der Waals surface area contributed by atoms with Crippen LogP contribution in [0.1, 0.15) is 32.0 Å². The first kappa shape index (κ1) is 19.8. The van der Waals surface area contributed by atoms with Crippen LogP contribution in [0, 0.1) is 0 Å². The Morgan fingerprint density at radius 1 is 1.44 bits per heavy atom. The number of halogens is 1. The minimum absolute atomic E-state index is 0.168. The first-order valence-electron chi connectivity index (χ1n) is 11.2. The van der Waals surface area contributed by atoms with E-state index in [1.54, 1.807) is 18.3 Å². The van der Waals surface area contributed by atoms with Gasteiger partial charge in [0.1, 0.15) is 0 Å². The molecular formula is C22H26ClN5O4. The second kappa shape index (κ2) is 9.72. The lowest BCUT2D eigenvalue weighted by atomic mass is 10.2. The van der Waals surface area contributed by atoms with E-state index in [2.05, 4.69) is 15.4 Å². The van der Waals surface area contributed by atoms with Gasteiger partial charge in [-0.25, -0.2) is 4.52 Å². The summed E-state index contributed by atoms with van der Waals surface area (Å²) in [7, 11) is 1.48. The maximum absolute atomic E-state index is 13.3. The summed E-state index contributed by atoms with van der Waals surface area (Å²) in [6, 6.07) is 8.53. The molecule has 170 valence electrons. The number of hydrogen-bond donors (Lipinski definition) is 2. The smallest absolute Gasteiger partial charge is 0.255 e.